The summed E-state index contributed by atoms with van der Waals surface area (Å²) < 4.78 is 78.5. The zero-order chi connectivity index (χ0) is 17.7. The molecule has 0 saturated carbocycles. The summed E-state index contributed by atoms with van der Waals surface area (Å²) in [5.41, 5.74) is -1.89. The number of rotatable bonds is 1. The van der Waals surface area contributed by atoms with E-state index in [4.69, 9.17) is 0 Å². The summed E-state index contributed by atoms with van der Waals surface area (Å²) in [6, 6.07) is 2.71. The monoisotopic (exact) mass is 348 g/mol. The molecule has 24 heavy (non-hydrogen) atoms. The average molecular weight is 348 g/mol. The van der Waals surface area contributed by atoms with Crippen LogP contribution in [0, 0.1) is 0 Å². The van der Waals surface area contributed by atoms with E-state index >= 15 is 0 Å². The van der Waals surface area contributed by atoms with Gasteiger partial charge in [0.2, 0.25) is 0 Å². The number of hydrogen-bond acceptors (Lipinski definition) is 2. The molecule has 0 saturated heterocycles. The molecular formula is C16H14F6N2. The lowest BCUT2D eigenvalue weighted by molar-refractivity contribution is -0.144. The molecule has 2 nitrogen and oxygen atoms in total. The fourth-order valence-corrected chi connectivity index (χ4v) is 3.12. The van der Waals surface area contributed by atoms with E-state index < -0.39 is 23.6 Å². The number of nitrogens with zero attached hydrogens (tertiary/aromatic N) is 1. The maximum atomic E-state index is 13.3. The number of halogens is 6. The summed E-state index contributed by atoms with van der Waals surface area (Å²) >= 11 is 0. The standard InChI is InChI=1S/C16H14F6N2/c1-2-8-3-4-23-12-7-13-10(5-9(8)12)11(15(17,18)19)6-14(24-13)16(20,21)22/h5-8,23H,2-4H2,1H3. The Morgan fingerprint density at radius 1 is 1.08 bits per heavy atom. The van der Waals surface area contributed by atoms with Crippen molar-refractivity contribution in [2.24, 2.45) is 0 Å². The number of anilines is 1. The van der Waals surface area contributed by atoms with Crippen LogP contribution < -0.4 is 5.32 Å². The van der Waals surface area contributed by atoms with Crippen LogP contribution in [0.3, 0.4) is 0 Å². The van der Waals surface area contributed by atoms with Crippen molar-refractivity contribution < 1.29 is 26.3 Å². The highest BCUT2D eigenvalue weighted by atomic mass is 19.4. The lowest BCUT2D eigenvalue weighted by atomic mass is 9.87. The molecule has 1 atom stereocenters. The average Bonchev–Trinajstić information content (AvgIpc) is 2.49. The first-order valence-corrected chi connectivity index (χ1v) is 7.48. The molecule has 2 aromatic rings. The van der Waals surface area contributed by atoms with E-state index in [0.29, 0.717) is 17.8 Å². The van der Waals surface area contributed by atoms with Gasteiger partial charge in [-0.2, -0.15) is 26.3 Å². The molecule has 1 N–H and O–H groups in total. The van der Waals surface area contributed by atoms with Crippen LogP contribution in [0.15, 0.2) is 18.2 Å². The van der Waals surface area contributed by atoms with Crippen LogP contribution >= 0.6 is 0 Å². The lowest BCUT2D eigenvalue weighted by Gasteiger charge is -2.27. The van der Waals surface area contributed by atoms with Gasteiger partial charge in [-0.3, -0.25) is 0 Å². The SMILES string of the molecule is CCC1CCNc2cc3nc(C(F)(F)F)cc(C(F)(F)F)c3cc21. The summed E-state index contributed by atoms with van der Waals surface area (Å²) in [6.45, 7) is 2.56. The van der Waals surface area contributed by atoms with Crippen molar-refractivity contribution in [3.63, 3.8) is 0 Å². The third-order valence-electron chi connectivity index (χ3n) is 4.32. The zero-order valence-electron chi connectivity index (χ0n) is 12.6. The molecular weight excluding hydrogens is 334 g/mol. The molecule has 2 heterocycles. The fourth-order valence-electron chi connectivity index (χ4n) is 3.12. The minimum Gasteiger partial charge on any atom is -0.385 e. The molecule has 130 valence electrons. The van der Waals surface area contributed by atoms with Crippen LogP contribution in [0.2, 0.25) is 0 Å². The van der Waals surface area contributed by atoms with Crippen molar-refractivity contribution in [1.82, 2.24) is 4.98 Å². The predicted molar refractivity (Wildman–Crippen MR) is 77.9 cm³/mol. The van der Waals surface area contributed by atoms with Crippen LogP contribution in [0.4, 0.5) is 32.0 Å². The minimum atomic E-state index is -4.94. The second-order valence-corrected chi connectivity index (χ2v) is 5.83. The summed E-state index contributed by atoms with van der Waals surface area (Å²) in [7, 11) is 0. The number of fused-ring (bicyclic) bond motifs is 2. The normalized spacial score (nSPS) is 18.4. The topological polar surface area (TPSA) is 24.9 Å². The van der Waals surface area contributed by atoms with Gasteiger partial charge in [0.15, 0.2) is 0 Å². The molecule has 8 heteroatoms. The van der Waals surface area contributed by atoms with Gasteiger partial charge in [-0.1, -0.05) is 6.92 Å². The Morgan fingerprint density at radius 2 is 1.79 bits per heavy atom. The zero-order valence-corrected chi connectivity index (χ0v) is 12.6. The fraction of sp³-hybridized carbons (Fsp3) is 0.438. The van der Waals surface area contributed by atoms with Crippen molar-refractivity contribution in [3.8, 4) is 0 Å². The van der Waals surface area contributed by atoms with Gasteiger partial charge in [-0.05, 0) is 42.5 Å². The highest BCUT2D eigenvalue weighted by Gasteiger charge is 2.39. The molecule has 0 aliphatic carbocycles. The second-order valence-electron chi connectivity index (χ2n) is 5.83. The smallest absolute Gasteiger partial charge is 0.385 e. The number of aromatic nitrogens is 1. The third kappa shape index (κ3) is 2.89. The number of alkyl halides is 6. The summed E-state index contributed by atoms with van der Waals surface area (Å²) in [6.07, 6.45) is -8.32. The number of nitrogens with one attached hydrogen (secondary N) is 1. The largest absolute Gasteiger partial charge is 0.433 e. The van der Waals surface area contributed by atoms with Gasteiger partial charge in [0.25, 0.3) is 0 Å². The van der Waals surface area contributed by atoms with E-state index in [2.05, 4.69) is 10.3 Å². The lowest BCUT2D eigenvalue weighted by Crippen LogP contribution is -2.18. The van der Waals surface area contributed by atoms with Gasteiger partial charge in [0, 0.05) is 17.6 Å². The van der Waals surface area contributed by atoms with Crippen LogP contribution in [0.1, 0.15) is 42.5 Å². The Morgan fingerprint density at radius 3 is 2.38 bits per heavy atom. The van der Waals surface area contributed by atoms with Crippen LogP contribution in [0.25, 0.3) is 10.9 Å². The van der Waals surface area contributed by atoms with Crippen LogP contribution in [0.5, 0.6) is 0 Å². The molecule has 3 rings (SSSR count). The Bertz CT molecular complexity index is 779. The van der Waals surface area contributed by atoms with Crippen molar-refractivity contribution in [3.05, 3.63) is 35.0 Å². The maximum Gasteiger partial charge on any atom is 0.433 e. The van der Waals surface area contributed by atoms with E-state index in [1.807, 2.05) is 6.92 Å². The number of pyridine rings is 1. The number of hydrogen-bond donors (Lipinski definition) is 1. The van der Waals surface area contributed by atoms with Gasteiger partial charge < -0.3 is 5.32 Å². The predicted octanol–water partition coefficient (Wildman–Crippen LogP) is 5.58. The van der Waals surface area contributed by atoms with E-state index in [-0.39, 0.29) is 22.9 Å². The molecule has 1 aliphatic heterocycles. The highest BCUT2D eigenvalue weighted by molar-refractivity contribution is 5.88. The molecule has 0 bridgehead atoms. The molecule has 1 aliphatic rings. The van der Waals surface area contributed by atoms with Crippen molar-refractivity contribution in [2.75, 3.05) is 11.9 Å². The molecule has 0 fully saturated rings. The van der Waals surface area contributed by atoms with Gasteiger partial charge >= 0.3 is 12.4 Å². The Labute approximate surface area is 133 Å². The maximum absolute atomic E-state index is 13.3. The van der Waals surface area contributed by atoms with E-state index in [0.717, 1.165) is 12.8 Å². The Balaban J connectivity index is 2.33. The Hall–Kier alpha value is -1.99. The molecule has 1 unspecified atom stereocenters. The first kappa shape index (κ1) is 16.9. The molecule has 0 radical (unpaired) electrons. The summed E-state index contributed by atoms with van der Waals surface area (Å²) in [5, 5.41) is 2.74. The summed E-state index contributed by atoms with van der Waals surface area (Å²) in [5.74, 6) is 0.0778. The van der Waals surface area contributed by atoms with Crippen molar-refractivity contribution in [2.45, 2.75) is 38.0 Å². The molecule has 1 aromatic heterocycles. The first-order valence-electron chi connectivity index (χ1n) is 7.48. The van der Waals surface area contributed by atoms with Crippen molar-refractivity contribution >= 4 is 16.6 Å². The van der Waals surface area contributed by atoms with E-state index in [9.17, 15) is 26.3 Å². The highest BCUT2D eigenvalue weighted by Crippen LogP contribution is 2.42. The molecule has 0 spiro atoms. The molecule has 0 amide bonds. The molecule has 1 aromatic carbocycles. The van der Waals surface area contributed by atoms with Gasteiger partial charge in [0.1, 0.15) is 5.69 Å². The first-order chi connectivity index (χ1) is 11.1. The van der Waals surface area contributed by atoms with Gasteiger partial charge in [0.05, 0.1) is 11.1 Å². The minimum absolute atomic E-state index is 0.0778. The summed E-state index contributed by atoms with van der Waals surface area (Å²) in [4.78, 5) is 3.41. The second kappa shape index (κ2) is 5.53. The van der Waals surface area contributed by atoms with Crippen LogP contribution in [-0.2, 0) is 12.4 Å². The van der Waals surface area contributed by atoms with E-state index in [1.165, 1.54) is 12.1 Å². The van der Waals surface area contributed by atoms with Crippen LogP contribution in [-0.4, -0.2) is 11.5 Å². The third-order valence-corrected chi connectivity index (χ3v) is 4.32. The number of benzene rings is 1. The van der Waals surface area contributed by atoms with E-state index in [1.54, 1.807) is 0 Å². The quantitative estimate of drug-likeness (QED) is 0.681. The van der Waals surface area contributed by atoms with Gasteiger partial charge in [-0.25, -0.2) is 4.98 Å². The Kier molecular flexibility index (Phi) is 3.88. The van der Waals surface area contributed by atoms with Gasteiger partial charge in [-0.15, -0.1) is 0 Å². The van der Waals surface area contributed by atoms with Crippen molar-refractivity contribution in [1.29, 1.82) is 0 Å².